The van der Waals surface area contributed by atoms with Crippen LogP contribution in [0.5, 0.6) is 5.75 Å². The molecule has 2 atom stereocenters. The Kier molecular flexibility index (Phi) is 8.57. The Bertz CT molecular complexity index is 763. The van der Waals surface area contributed by atoms with Gasteiger partial charge in [-0.25, -0.2) is 4.39 Å². The summed E-state index contributed by atoms with van der Waals surface area (Å²) in [6.45, 7) is 6.30. The second-order valence-corrected chi connectivity index (χ2v) is 11.2. The van der Waals surface area contributed by atoms with Crippen LogP contribution in [0.3, 0.4) is 0 Å². The predicted octanol–water partition coefficient (Wildman–Crippen LogP) is 7.25. The van der Waals surface area contributed by atoms with Crippen molar-refractivity contribution in [3.8, 4) is 5.75 Å². The van der Waals surface area contributed by atoms with E-state index in [1.54, 1.807) is 26.0 Å². The van der Waals surface area contributed by atoms with E-state index in [4.69, 9.17) is 13.8 Å². The van der Waals surface area contributed by atoms with Gasteiger partial charge in [-0.3, -0.25) is 4.57 Å². The van der Waals surface area contributed by atoms with Crippen LogP contribution in [0.15, 0.2) is 12.1 Å². The molecular formula is C24H37F2O4P. The maximum Gasteiger partial charge on any atom is 0.330 e. The van der Waals surface area contributed by atoms with Gasteiger partial charge in [-0.1, -0.05) is 32.3 Å². The van der Waals surface area contributed by atoms with E-state index in [-0.39, 0.29) is 23.9 Å². The molecule has 2 saturated carbocycles. The molecule has 176 valence electrons. The lowest BCUT2D eigenvalue weighted by Gasteiger charge is -2.47. The second kappa shape index (κ2) is 10.8. The normalized spacial score (nSPS) is 26.1. The Labute approximate surface area is 185 Å². The maximum absolute atomic E-state index is 15.2. The summed E-state index contributed by atoms with van der Waals surface area (Å²) in [5, 5.41) is 0. The van der Waals surface area contributed by atoms with Crippen LogP contribution < -0.4 is 4.74 Å². The van der Waals surface area contributed by atoms with Crippen LogP contribution in [-0.4, -0.2) is 26.0 Å². The molecule has 1 aromatic rings. The molecule has 0 aromatic heterocycles. The van der Waals surface area contributed by atoms with Gasteiger partial charge >= 0.3 is 7.60 Å². The molecule has 1 aromatic carbocycles. The molecule has 2 aliphatic carbocycles. The number of hydrogen-bond donors (Lipinski definition) is 0. The van der Waals surface area contributed by atoms with Crippen molar-refractivity contribution in [3.63, 3.8) is 0 Å². The van der Waals surface area contributed by atoms with Gasteiger partial charge in [0.05, 0.1) is 26.0 Å². The summed E-state index contributed by atoms with van der Waals surface area (Å²) in [4.78, 5) is 0. The fourth-order valence-electron chi connectivity index (χ4n) is 5.71. The predicted molar refractivity (Wildman–Crippen MR) is 119 cm³/mol. The average Bonchev–Trinajstić information content (AvgIpc) is 2.74. The molecule has 7 heteroatoms. The van der Waals surface area contributed by atoms with E-state index in [9.17, 15) is 8.96 Å². The second-order valence-electron chi connectivity index (χ2n) is 9.05. The highest BCUT2D eigenvalue weighted by molar-refractivity contribution is 7.53. The van der Waals surface area contributed by atoms with Crippen LogP contribution in [0.2, 0.25) is 0 Å². The highest BCUT2D eigenvalue weighted by Crippen LogP contribution is 2.53. The summed E-state index contributed by atoms with van der Waals surface area (Å²) in [5.74, 6) is -0.534. The van der Waals surface area contributed by atoms with E-state index in [0.29, 0.717) is 37.0 Å². The van der Waals surface area contributed by atoms with Gasteiger partial charge in [0.1, 0.15) is 0 Å². The van der Waals surface area contributed by atoms with Crippen molar-refractivity contribution >= 4 is 7.60 Å². The standard InChI is InChI=1S/C24H37F2O4P/c1-4-24(16-18-9-7-10-19(15-18)17-24)20-11-12-21(23(26)22(20)25)28-13-8-14-31(27,29-5-2)30-6-3/h11-12,18-19H,4-10,13-17H2,1-3H3/t18-,19-/m0/s1. The van der Waals surface area contributed by atoms with Gasteiger partial charge in [0.25, 0.3) is 0 Å². The molecule has 3 rings (SSSR count). The highest BCUT2D eigenvalue weighted by Gasteiger charge is 2.44. The van der Waals surface area contributed by atoms with Crippen LogP contribution >= 0.6 is 7.60 Å². The smallest absolute Gasteiger partial charge is 0.330 e. The Balaban J connectivity index is 1.67. The molecule has 0 radical (unpaired) electrons. The Morgan fingerprint density at radius 1 is 1.03 bits per heavy atom. The average molecular weight is 459 g/mol. The van der Waals surface area contributed by atoms with Crippen LogP contribution in [0.4, 0.5) is 8.78 Å². The van der Waals surface area contributed by atoms with E-state index in [1.807, 2.05) is 0 Å². The zero-order chi connectivity index (χ0) is 22.5. The summed E-state index contributed by atoms with van der Waals surface area (Å²) >= 11 is 0. The van der Waals surface area contributed by atoms with Crippen LogP contribution in [0.25, 0.3) is 0 Å². The van der Waals surface area contributed by atoms with Crippen LogP contribution in [-0.2, 0) is 19.0 Å². The first kappa shape index (κ1) is 24.7. The van der Waals surface area contributed by atoms with Crippen molar-refractivity contribution in [2.45, 2.75) is 77.6 Å². The zero-order valence-corrected chi connectivity index (χ0v) is 20.0. The number of fused-ring (bicyclic) bond motifs is 2. The minimum Gasteiger partial charge on any atom is -0.490 e. The summed E-state index contributed by atoms with van der Waals surface area (Å²) in [6, 6.07) is 3.28. The van der Waals surface area contributed by atoms with E-state index >= 15 is 4.39 Å². The summed E-state index contributed by atoms with van der Waals surface area (Å²) in [6.07, 6.45) is 8.16. The number of ether oxygens (including phenoxy) is 1. The SMILES string of the molecule is CCOP(=O)(CCCOc1ccc(C2(CC)C[C@H]3CCC[C@@H](C3)C2)c(F)c1F)OCC. The molecule has 4 nitrogen and oxygen atoms in total. The van der Waals surface area contributed by atoms with Crippen molar-refractivity contribution in [2.24, 2.45) is 11.8 Å². The molecule has 2 fully saturated rings. The number of halogens is 2. The Morgan fingerprint density at radius 3 is 2.26 bits per heavy atom. The van der Waals surface area contributed by atoms with Gasteiger partial charge in [0.15, 0.2) is 11.6 Å². The van der Waals surface area contributed by atoms with E-state index < -0.39 is 19.2 Å². The molecule has 2 aliphatic rings. The number of hydrogen-bond acceptors (Lipinski definition) is 4. The topological polar surface area (TPSA) is 44.8 Å². The number of benzene rings is 1. The third-order valence-electron chi connectivity index (χ3n) is 7.03. The van der Waals surface area contributed by atoms with Crippen LogP contribution in [0.1, 0.15) is 77.7 Å². The summed E-state index contributed by atoms with van der Waals surface area (Å²) < 4.78 is 58.6. The first-order valence-corrected chi connectivity index (χ1v) is 13.6. The van der Waals surface area contributed by atoms with Crippen molar-refractivity contribution in [3.05, 3.63) is 29.3 Å². The van der Waals surface area contributed by atoms with Gasteiger partial charge in [-0.2, -0.15) is 4.39 Å². The van der Waals surface area contributed by atoms with Crippen LogP contribution in [0, 0.1) is 23.5 Å². The maximum atomic E-state index is 15.2. The lowest BCUT2D eigenvalue weighted by molar-refractivity contribution is 0.103. The first-order valence-electron chi connectivity index (χ1n) is 11.9. The van der Waals surface area contributed by atoms with Crippen molar-refractivity contribution < 1.29 is 27.1 Å². The lowest BCUT2D eigenvalue weighted by atomic mass is 9.57. The molecule has 0 saturated heterocycles. The number of rotatable bonds is 11. The van der Waals surface area contributed by atoms with Crippen molar-refractivity contribution in [2.75, 3.05) is 26.0 Å². The molecule has 0 N–H and O–H groups in total. The molecule has 0 unspecified atom stereocenters. The third kappa shape index (κ3) is 5.69. The first-order chi connectivity index (χ1) is 14.9. The van der Waals surface area contributed by atoms with Gasteiger partial charge in [-0.05, 0) is 74.8 Å². The van der Waals surface area contributed by atoms with Crippen molar-refractivity contribution in [1.82, 2.24) is 0 Å². The van der Waals surface area contributed by atoms with Crippen molar-refractivity contribution in [1.29, 1.82) is 0 Å². The molecule has 0 aliphatic heterocycles. The van der Waals surface area contributed by atoms with Gasteiger partial charge in [0.2, 0.25) is 5.82 Å². The highest BCUT2D eigenvalue weighted by atomic mass is 31.2. The lowest BCUT2D eigenvalue weighted by Crippen LogP contribution is -2.39. The third-order valence-corrected chi connectivity index (χ3v) is 9.20. The van der Waals surface area contributed by atoms with E-state index in [2.05, 4.69) is 6.92 Å². The largest absolute Gasteiger partial charge is 0.490 e. The minimum atomic E-state index is -3.16. The zero-order valence-electron chi connectivity index (χ0n) is 19.1. The van der Waals surface area contributed by atoms with Gasteiger partial charge < -0.3 is 13.8 Å². The summed E-state index contributed by atoms with van der Waals surface area (Å²) in [5.41, 5.74) is 0.229. The fourth-order valence-corrected chi connectivity index (χ4v) is 7.35. The molecule has 0 heterocycles. The quantitative estimate of drug-likeness (QED) is 0.259. The van der Waals surface area contributed by atoms with E-state index in [1.165, 1.54) is 25.7 Å². The molecule has 2 bridgehead atoms. The molecule has 31 heavy (non-hydrogen) atoms. The summed E-state index contributed by atoms with van der Waals surface area (Å²) in [7, 11) is -3.16. The minimum absolute atomic E-state index is 0.0915. The molecule has 0 amide bonds. The van der Waals surface area contributed by atoms with E-state index in [0.717, 1.165) is 19.3 Å². The van der Waals surface area contributed by atoms with Gasteiger partial charge in [-0.15, -0.1) is 0 Å². The molecule has 0 spiro atoms. The monoisotopic (exact) mass is 458 g/mol. The Hall–Kier alpha value is -0.970. The Morgan fingerprint density at radius 2 is 1.68 bits per heavy atom. The fraction of sp³-hybridized carbons (Fsp3) is 0.750. The van der Waals surface area contributed by atoms with Gasteiger partial charge in [0, 0.05) is 0 Å². The molecular weight excluding hydrogens is 421 g/mol.